The molecule has 2 aromatic heterocycles. The molecular weight excluding hydrogens is 384 g/mol. The highest BCUT2D eigenvalue weighted by molar-refractivity contribution is 8.13. The normalized spacial score (nSPS) is 19.7. The maximum atomic E-state index is 13.8. The van der Waals surface area contributed by atoms with Crippen LogP contribution in [0.5, 0.6) is 0 Å². The van der Waals surface area contributed by atoms with E-state index in [1.807, 2.05) is 0 Å². The average Bonchev–Trinajstić information content (AvgIpc) is 2.61. The first-order valence-corrected chi connectivity index (χ1v) is 8.93. The van der Waals surface area contributed by atoms with Crippen LogP contribution in [0, 0.1) is 5.82 Å². The van der Waals surface area contributed by atoms with E-state index in [0.29, 0.717) is 23.6 Å². The molecule has 0 unspecified atom stereocenters. The fourth-order valence-corrected chi connectivity index (χ4v) is 3.54. The summed E-state index contributed by atoms with van der Waals surface area (Å²) >= 11 is 6.98. The van der Waals surface area contributed by atoms with E-state index < -0.39 is 29.6 Å². The number of carbonyl (C=O) groups excluding carboxylic acids is 1. The Bertz CT molecular complexity index is 881. The minimum Gasteiger partial charge on any atom is -0.379 e. The Balaban J connectivity index is 1.88. The van der Waals surface area contributed by atoms with Crippen molar-refractivity contribution in [1.29, 1.82) is 0 Å². The number of aliphatic imine (C=N–C) groups is 1. The first kappa shape index (κ1) is 18.5. The number of halogens is 3. The number of pyridine rings is 2. The molecule has 0 radical (unpaired) electrons. The van der Waals surface area contributed by atoms with Crippen molar-refractivity contribution in [3.8, 4) is 0 Å². The fourth-order valence-electron chi connectivity index (χ4n) is 2.51. The van der Waals surface area contributed by atoms with Crippen LogP contribution < -0.4 is 11.1 Å². The van der Waals surface area contributed by atoms with Crippen LogP contribution in [-0.4, -0.2) is 33.5 Å². The summed E-state index contributed by atoms with van der Waals surface area (Å²) in [7, 11) is 0. The Kier molecular flexibility index (Phi) is 5.38. The second-order valence-corrected chi connectivity index (χ2v) is 7.13. The lowest BCUT2D eigenvalue weighted by Gasteiger charge is -2.30. The van der Waals surface area contributed by atoms with Gasteiger partial charge in [-0.2, -0.15) is 0 Å². The van der Waals surface area contributed by atoms with Gasteiger partial charge in [0.05, 0.1) is 10.7 Å². The molecule has 0 fully saturated rings. The maximum absolute atomic E-state index is 13.8. The minimum absolute atomic E-state index is 0.0840. The fraction of sp³-hybridized carbons (Fsp3) is 0.250. The van der Waals surface area contributed by atoms with E-state index in [0.717, 1.165) is 6.07 Å². The molecule has 1 aliphatic rings. The molecular formula is C16H14ClF2N5OS. The van der Waals surface area contributed by atoms with Gasteiger partial charge in [-0.05, 0) is 24.6 Å². The third-order valence-corrected chi connectivity index (χ3v) is 4.83. The highest BCUT2D eigenvalue weighted by Gasteiger charge is 2.36. The van der Waals surface area contributed by atoms with Crippen LogP contribution in [0.1, 0.15) is 22.6 Å². The summed E-state index contributed by atoms with van der Waals surface area (Å²) in [5.41, 5.74) is 4.81. The number of amides is 1. The van der Waals surface area contributed by atoms with E-state index in [4.69, 9.17) is 17.3 Å². The van der Waals surface area contributed by atoms with Crippen LogP contribution in [0.4, 0.5) is 14.5 Å². The average molecular weight is 398 g/mol. The van der Waals surface area contributed by atoms with Crippen LogP contribution in [0.3, 0.4) is 0 Å². The predicted molar refractivity (Wildman–Crippen MR) is 97.7 cm³/mol. The van der Waals surface area contributed by atoms with Gasteiger partial charge in [-0.25, -0.2) is 18.8 Å². The largest absolute Gasteiger partial charge is 0.379 e. The van der Waals surface area contributed by atoms with Crippen LogP contribution in [0.25, 0.3) is 0 Å². The van der Waals surface area contributed by atoms with Gasteiger partial charge in [0, 0.05) is 23.8 Å². The first-order chi connectivity index (χ1) is 12.4. The summed E-state index contributed by atoms with van der Waals surface area (Å²) < 4.78 is 27.6. The molecule has 1 atom stereocenters. The molecule has 1 aliphatic heterocycles. The molecule has 2 aromatic rings. The summed E-state index contributed by atoms with van der Waals surface area (Å²) in [6.45, 7) is -0.772. The van der Waals surface area contributed by atoms with Crippen molar-refractivity contribution in [3.63, 3.8) is 0 Å². The van der Waals surface area contributed by atoms with Crippen molar-refractivity contribution >= 4 is 40.1 Å². The number of nitrogens with two attached hydrogens (primary N) is 1. The molecule has 3 heterocycles. The van der Waals surface area contributed by atoms with Crippen LogP contribution >= 0.6 is 23.4 Å². The molecule has 3 N–H and O–H groups in total. The lowest BCUT2D eigenvalue weighted by Crippen LogP contribution is -2.34. The molecule has 0 saturated carbocycles. The van der Waals surface area contributed by atoms with E-state index in [9.17, 15) is 13.6 Å². The van der Waals surface area contributed by atoms with E-state index in [1.54, 1.807) is 0 Å². The zero-order chi connectivity index (χ0) is 18.7. The van der Waals surface area contributed by atoms with Gasteiger partial charge in [-0.3, -0.25) is 9.78 Å². The molecule has 0 spiro atoms. The van der Waals surface area contributed by atoms with Gasteiger partial charge in [-0.15, -0.1) is 0 Å². The first-order valence-electron chi connectivity index (χ1n) is 7.56. The molecule has 0 aliphatic carbocycles. The molecule has 26 heavy (non-hydrogen) atoms. The van der Waals surface area contributed by atoms with Crippen LogP contribution in [-0.2, 0) is 5.54 Å². The number of carbonyl (C=O) groups is 1. The summed E-state index contributed by atoms with van der Waals surface area (Å²) in [6, 6.07) is 4.00. The van der Waals surface area contributed by atoms with E-state index in [1.165, 1.54) is 36.3 Å². The molecule has 0 aromatic carbocycles. The van der Waals surface area contributed by atoms with Crippen molar-refractivity contribution in [2.45, 2.75) is 12.0 Å². The molecule has 3 rings (SSSR count). The highest BCUT2D eigenvalue weighted by Crippen LogP contribution is 2.35. The topological polar surface area (TPSA) is 93.3 Å². The quantitative estimate of drug-likeness (QED) is 0.826. The zero-order valence-corrected chi connectivity index (χ0v) is 14.9. The van der Waals surface area contributed by atoms with E-state index in [-0.39, 0.29) is 10.2 Å². The number of amidine groups is 1. The number of hydrogen-bond acceptors (Lipinski definition) is 6. The van der Waals surface area contributed by atoms with E-state index in [2.05, 4.69) is 20.3 Å². The molecule has 136 valence electrons. The van der Waals surface area contributed by atoms with Gasteiger partial charge >= 0.3 is 0 Å². The predicted octanol–water partition coefficient (Wildman–Crippen LogP) is 3.14. The maximum Gasteiger partial charge on any atom is 0.277 e. The molecule has 0 bridgehead atoms. The van der Waals surface area contributed by atoms with Gasteiger partial charge in [0.15, 0.2) is 16.7 Å². The smallest absolute Gasteiger partial charge is 0.277 e. The third-order valence-electron chi connectivity index (χ3n) is 3.83. The lowest BCUT2D eigenvalue weighted by atomic mass is 9.93. The Morgan fingerprint density at radius 2 is 2.23 bits per heavy atom. The zero-order valence-electron chi connectivity index (χ0n) is 13.4. The van der Waals surface area contributed by atoms with Crippen LogP contribution in [0.2, 0.25) is 5.02 Å². The molecule has 1 amide bonds. The van der Waals surface area contributed by atoms with Gasteiger partial charge < -0.3 is 11.1 Å². The summed E-state index contributed by atoms with van der Waals surface area (Å²) in [6.07, 6.45) is 3.01. The number of rotatable bonds is 4. The Labute approximate surface area is 157 Å². The van der Waals surface area contributed by atoms with Gasteiger partial charge in [0.1, 0.15) is 12.2 Å². The monoisotopic (exact) mass is 397 g/mol. The van der Waals surface area contributed by atoms with Crippen molar-refractivity contribution in [2.24, 2.45) is 10.7 Å². The molecule has 6 nitrogen and oxygen atoms in total. The van der Waals surface area contributed by atoms with Crippen molar-refractivity contribution in [2.75, 3.05) is 17.7 Å². The molecule has 0 saturated heterocycles. The number of hydrogen-bond donors (Lipinski definition) is 2. The van der Waals surface area contributed by atoms with Crippen molar-refractivity contribution in [3.05, 3.63) is 52.8 Å². The molecule has 10 heteroatoms. The number of nitrogens with one attached hydrogen (secondary N) is 1. The number of thioether (sulfide) groups is 1. The van der Waals surface area contributed by atoms with Gasteiger partial charge in [0.2, 0.25) is 0 Å². The summed E-state index contributed by atoms with van der Waals surface area (Å²) in [5, 5.41) is 2.89. The minimum atomic E-state index is -1.18. The Hall–Kier alpha value is -2.26. The second-order valence-electron chi connectivity index (χ2n) is 5.58. The SMILES string of the molecule is NC1=N[C@](CF)(c2cc(NC(=O)c3ncc(Cl)cc3F)ccn2)CCS1. The van der Waals surface area contributed by atoms with Crippen molar-refractivity contribution in [1.82, 2.24) is 9.97 Å². The number of aromatic nitrogens is 2. The van der Waals surface area contributed by atoms with E-state index >= 15 is 0 Å². The Morgan fingerprint density at radius 3 is 2.92 bits per heavy atom. The number of anilines is 1. The number of nitrogens with zero attached hydrogens (tertiary/aromatic N) is 3. The number of alkyl halides is 1. The second kappa shape index (κ2) is 7.55. The highest BCUT2D eigenvalue weighted by atomic mass is 35.5. The summed E-state index contributed by atoms with van der Waals surface area (Å²) in [5.74, 6) is -0.990. The van der Waals surface area contributed by atoms with Crippen molar-refractivity contribution < 1.29 is 13.6 Å². The Morgan fingerprint density at radius 1 is 1.42 bits per heavy atom. The van der Waals surface area contributed by atoms with Gasteiger partial charge in [0.25, 0.3) is 5.91 Å². The van der Waals surface area contributed by atoms with Gasteiger partial charge in [-0.1, -0.05) is 23.4 Å². The lowest BCUT2D eigenvalue weighted by molar-refractivity contribution is 0.101. The third kappa shape index (κ3) is 3.78. The standard InChI is InChI=1S/C16H14ClF2N5OS/c17-9-5-11(19)13(22-7-9)14(25)23-10-1-3-21-12(6-10)16(8-18)2-4-26-15(20)24-16/h1,3,5-7H,2,4,8H2,(H2,20,24)(H,21,23,25)/t16-/m1/s1. The van der Waals surface area contributed by atoms with Crippen LogP contribution in [0.15, 0.2) is 35.6 Å². The summed E-state index contributed by atoms with van der Waals surface area (Å²) in [4.78, 5) is 24.3.